The predicted molar refractivity (Wildman–Crippen MR) is 98.1 cm³/mol. The lowest BCUT2D eigenvalue weighted by Gasteiger charge is -2.14. The van der Waals surface area contributed by atoms with Crippen molar-refractivity contribution in [2.45, 2.75) is 25.1 Å². The van der Waals surface area contributed by atoms with Crippen LogP contribution in [0.2, 0.25) is 6.32 Å². The molecule has 0 bridgehead atoms. The maximum Gasteiger partial charge on any atom is 0.454 e. The molecule has 25 heavy (non-hydrogen) atoms. The molecule has 2 aromatic carbocycles. The number of hydrogen-bond donors (Lipinski definition) is 1. The molecule has 0 spiro atoms. The SMILES string of the molecule is COc1ccc(-c2cccc([C@@H]3COB(O)C3)c2)cc1OCC1CC1. The average Bonchev–Trinajstić information content (AvgIpc) is 3.38. The summed E-state index contributed by atoms with van der Waals surface area (Å²) in [5.41, 5.74) is 3.44. The van der Waals surface area contributed by atoms with E-state index in [1.807, 2.05) is 6.07 Å². The van der Waals surface area contributed by atoms with Gasteiger partial charge in [0.2, 0.25) is 0 Å². The molecule has 0 unspecified atom stereocenters. The van der Waals surface area contributed by atoms with Crippen molar-refractivity contribution in [3.63, 3.8) is 0 Å². The van der Waals surface area contributed by atoms with Crippen LogP contribution in [-0.4, -0.2) is 32.5 Å². The molecular formula is C20H23BO4. The molecule has 1 N–H and O–H groups in total. The summed E-state index contributed by atoms with van der Waals surface area (Å²) in [6, 6.07) is 14.5. The largest absolute Gasteiger partial charge is 0.493 e. The third-order valence-corrected chi connectivity index (χ3v) is 5.00. The van der Waals surface area contributed by atoms with E-state index >= 15 is 0 Å². The quantitative estimate of drug-likeness (QED) is 0.815. The maximum absolute atomic E-state index is 9.60. The van der Waals surface area contributed by atoms with Crippen molar-refractivity contribution < 1.29 is 19.2 Å². The molecule has 0 radical (unpaired) electrons. The Bertz CT molecular complexity index is 744. The van der Waals surface area contributed by atoms with Gasteiger partial charge in [-0.3, -0.25) is 0 Å². The first-order chi connectivity index (χ1) is 12.2. The van der Waals surface area contributed by atoms with Crippen LogP contribution in [0.25, 0.3) is 11.1 Å². The number of hydrogen-bond acceptors (Lipinski definition) is 4. The molecular weight excluding hydrogens is 315 g/mol. The summed E-state index contributed by atoms with van der Waals surface area (Å²) in [7, 11) is 1.03. The lowest BCUT2D eigenvalue weighted by atomic mass is 9.79. The Morgan fingerprint density at radius 3 is 2.68 bits per heavy atom. The highest BCUT2D eigenvalue weighted by Gasteiger charge is 2.29. The van der Waals surface area contributed by atoms with Gasteiger partial charge in [-0.05, 0) is 53.9 Å². The Kier molecular flexibility index (Phi) is 4.68. The van der Waals surface area contributed by atoms with Crippen molar-refractivity contribution in [3.8, 4) is 22.6 Å². The van der Waals surface area contributed by atoms with Crippen molar-refractivity contribution in [1.82, 2.24) is 0 Å². The second kappa shape index (κ2) is 7.10. The standard InChI is InChI=1S/C20H23BO4/c1-23-19-8-7-17(10-20(19)24-12-14-5-6-14)15-3-2-4-16(9-15)18-11-21(22)25-13-18/h2-4,7-10,14,18,22H,5-6,11-13H2,1H3/t18-/m0/s1. The van der Waals surface area contributed by atoms with Crippen molar-refractivity contribution in [3.05, 3.63) is 48.0 Å². The minimum atomic E-state index is -0.642. The Hall–Kier alpha value is -1.98. The van der Waals surface area contributed by atoms with Gasteiger partial charge in [-0.25, -0.2) is 0 Å². The topological polar surface area (TPSA) is 47.9 Å². The Morgan fingerprint density at radius 2 is 1.96 bits per heavy atom. The van der Waals surface area contributed by atoms with Crippen LogP contribution in [0.15, 0.2) is 42.5 Å². The van der Waals surface area contributed by atoms with Gasteiger partial charge >= 0.3 is 7.12 Å². The van der Waals surface area contributed by atoms with Gasteiger partial charge in [-0.15, -0.1) is 0 Å². The van der Waals surface area contributed by atoms with Gasteiger partial charge in [-0.1, -0.05) is 30.3 Å². The monoisotopic (exact) mass is 338 g/mol. The fourth-order valence-electron chi connectivity index (χ4n) is 3.27. The number of rotatable bonds is 6. The molecule has 4 nitrogen and oxygen atoms in total. The van der Waals surface area contributed by atoms with Gasteiger partial charge in [0.1, 0.15) is 0 Å². The van der Waals surface area contributed by atoms with Gasteiger partial charge in [0.25, 0.3) is 0 Å². The lowest BCUT2D eigenvalue weighted by molar-refractivity contribution is 0.280. The normalized spacial score (nSPS) is 19.9. The number of methoxy groups -OCH3 is 1. The molecule has 1 atom stereocenters. The van der Waals surface area contributed by atoms with E-state index in [4.69, 9.17) is 14.1 Å². The zero-order valence-corrected chi connectivity index (χ0v) is 14.5. The highest BCUT2D eigenvalue weighted by Crippen LogP contribution is 2.36. The summed E-state index contributed by atoms with van der Waals surface area (Å²) in [5.74, 6) is 2.52. The first kappa shape index (κ1) is 16.5. The molecule has 2 fully saturated rings. The zero-order valence-electron chi connectivity index (χ0n) is 14.5. The number of ether oxygens (including phenoxy) is 2. The fourth-order valence-corrected chi connectivity index (χ4v) is 3.27. The van der Waals surface area contributed by atoms with E-state index in [0.29, 0.717) is 18.8 Å². The fraction of sp³-hybridized carbons (Fsp3) is 0.400. The molecule has 0 amide bonds. The van der Waals surface area contributed by atoms with Crippen LogP contribution in [0.5, 0.6) is 11.5 Å². The molecule has 1 heterocycles. The average molecular weight is 338 g/mol. The molecule has 1 aliphatic heterocycles. The van der Waals surface area contributed by atoms with E-state index in [-0.39, 0.29) is 5.92 Å². The van der Waals surface area contributed by atoms with E-state index in [9.17, 15) is 5.02 Å². The smallest absolute Gasteiger partial charge is 0.454 e. The lowest BCUT2D eigenvalue weighted by Crippen LogP contribution is -2.07. The highest BCUT2D eigenvalue weighted by atomic mass is 16.5. The molecule has 130 valence electrons. The van der Waals surface area contributed by atoms with Crippen molar-refractivity contribution in [2.24, 2.45) is 5.92 Å². The molecule has 2 aromatic rings. The highest BCUT2D eigenvalue weighted by molar-refractivity contribution is 6.43. The van der Waals surface area contributed by atoms with Crippen LogP contribution >= 0.6 is 0 Å². The molecule has 1 saturated carbocycles. The molecule has 4 rings (SSSR count). The van der Waals surface area contributed by atoms with Crippen LogP contribution in [0.1, 0.15) is 24.3 Å². The summed E-state index contributed by atoms with van der Waals surface area (Å²) >= 11 is 0. The van der Waals surface area contributed by atoms with Gasteiger partial charge < -0.3 is 19.2 Å². The Balaban J connectivity index is 1.58. The van der Waals surface area contributed by atoms with Crippen molar-refractivity contribution in [1.29, 1.82) is 0 Å². The second-order valence-electron chi connectivity index (χ2n) is 6.97. The van der Waals surface area contributed by atoms with E-state index in [2.05, 4.69) is 36.4 Å². The molecule has 1 aliphatic carbocycles. The Morgan fingerprint density at radius 1 is 1.12 bits per heavy atom. The molecule has 1 saturated heterocycles. The molecule has 2 aliphatic rings. The zero-order chi connectivity index (χ0) is 17.2. The van der Waals surface area contributed by atoms with Crippen LogP contribution in [-0.2, 0) is 4.65 Å². The van der Waals surface area contributed by atoms with Gasteiger partial charge in [0, 0.05) is 12.5 Å². The predicted octanol–water partition coefficient (Wildman–Crippen LogP) is 3.75. The first-order valence-electron chi connectivity index (χ1n) is 8.94. The summed E-state index contributed by atoms with van der Waals surface area (Å²) in [6.45, 7) is 1.33. The summed E-state index contributed by atoms with van der Waals surface area (Å²) in [6.07, 6.45) is 3.18. The minimum Gasteiger partial charge on any atom is -0.493 e. The maximum atomic E-state index is 9.60. The summed E-state index contributed by atoms with van der Waals surface area (Å²) in [5, 5.41) is 9.60. The third-order valence-electron chi connectivity index (χ3n) is 5.00. The van der Waals surface area contributed by atoms with E-state index in [1.54, 1.807) is 7.11 Å². The summed E-state index contributed by atoms with van der Waals surface area (Å²) < 4.78 is 16.7. The van der Waals surface area contributed by atoms with Gasteiger partial charge in [0.05, 0.1) is 13.7 Å². The third kappa shape index (κ3) is 3.83. The summed E-state index contributed by atoms with van der Waals surface area (Å²) in [4.78, 5) is 0. The van der Waals surface area contributed by atoms with Crippen LogP contribution in [0.4, 0.5) is 0 Å². The van der Waals surface area contributed by atoms with E-state index in [1.165, 1.54) is 18.4 Å². The van der Waals surface area contributed by atoms with Crippen LogP contribution in [0.3, 0.4) is 0 Å². The molecule has 5 heteroatoms. The first-order valence-corrected chi connectivity index (χ1v) is 8.94. The van der Waals surface area contributed by atoms with Crippen molar-refractivity contribution in [2.75, 3.05) is 20.3 Å². The van der Waals surface area contributed by atoms with Crippen LogP contribution < -0.4 is 9.47 Å². The number of benzene rings is 2. The van der Waals surface area contributed by atoms with Gasteiger partial charge in [0.15, 0.2) is 11.5 Å². The van der Waals surface area contributed by atoms with E-state index < -0.39 is 7.12 Å². The second-order valence-corrected chi connectivity index (χ2v) is 6.97. The molecule has 0 aromatic heterocycles. The van der Waals surface area contributed by atoms with E-state index in [0.717, 1.165) is 29.2 Å². The van der Waals surface area contributed by atoms with Crippen molar-refractivity contribution >= 4 is 7.12 Å². The van der Waals surface area contributed by atoms with Crippen LogP contribution in [0, 0.1) is 5.92 Å². The van der Waals surface area contributed by atoms with Gasteiger partial charge in [-0.2, -0.15) is 0 Å². The minimum absolute atomic E-state index is 0.249. The Labute approximate surface area is 148 Å².